The zero-order chi connectivity index (χ0) is 34.9. The number of nitrogens with zero attached hydrogens (tertiary/aromatic N) is 4. The Balaban J connectivity index is 1.34. The Kier molecular flexibility index (Phi) is 6.65. The Bertz CT molecular complexity index is 2870. The van der Waals surface area contributed by atoms with Gasteiger partial charge in [-0.05, 0) is 53.6 Å². The molecule has 0 amide bonds. The second-order valence-corrected chi connectivity index (χ2v) is 13.9. The van der Waals surface area contributed by atoms with E-state index in [-0.39, 0.29) is 12.0 Å². The highest BCUT2D eigenvalue weighted by Crippen LogP contribution is 2.56. The van der Waals surface area contributed by atoms with Crippen LogP contribution < -0.4 is 4.90 Å². The molecular formula is C49H34N4. The van der Waals surface area contributed by atoms with E-state index >= 15 is 0 Å². The summed E-state index contributed by atoms with van der Waals surface area (Å²) in [6.07, 6.45) is 9.22. The molecule has 53 heavy (non-hydrogen) atoms. The maximum atomic E-state index is 5.71. The number of rotatable bonds is 5. The van der Waals surface area contributed by atoms with Crippen LogP contribution in [-0.2, 0) is 0 Å². The van der Waals surface area contributed by atoms with Crippen LogP contribution in [0, 0.1) is 0 Å². The van der Waals surface area contributed by atoms with Gasteiger partial charge in [0.1, 0.15) is 11.3 Å². The molecule has 0 saturated heterocycles. The fraction of sp³-hybridized carbons (Fsp3) is 0.0408. The molecule has 0 saturated carbocycles. The predicted molar refractivity (Wildman–Crippen MR) is 220 cm³/mol. The fourth-order valence-corrected chi connectivity index (χ4v) is 8.81. The van der Waals surface area contributed by atoms with Crippen LogP contribution in [0.4, 0.5) is 11.4 Å². The van der Waals surface area contributed by atoms with Crippen LogP contribution in [0.2, 0.25) is 0 Å². The first-order valence-corrected chi connectivity index (χ1v) is 18.3. The molecule has 250 valence electrons. The molecule has 3 heterocycles. The average molecular weight is 679 g/mol. The molecule has 1 aliphatic heterocycles. The van der Waals surface area contributed by atoms with E-state index in [2.05, 4.69) is 208 Å². The standard InChI is InChI=1S/C49H34N4/c1-5-17-33(18-6-1)34-29-31-38(32-30-34)52-42-28-16-14-26-40(42)44-46-43(39-25-13-15-27-41(39)51(46)36-21-9-3-10-22-36)45-48(47(44)52)53(37-23-11-4-12-24-37)49(50-45)35-19-7-2-8-20-35/h1-32,40,42H. The first kappa shape index (κ1) is 29.8. The van der Waals surface area contributed by atoms with Gasteiger partial charge in [-0.1, -0.05) is 152 Å². The maximum Gasteiger partial charge on any atom is 0.145 e. The van der Waals surface area contributed by atoms with Crippen LogP contribution in [-0.4, -0.2) is 20.2 Å². The van der Waals surface area contributed by atoms with Crippen molar-refractivity contribution in [3.05, 3.63) is 200 Å². The van der Waals surface area contributed by atoms with Crippen LogP contribution in [0.25, 0.3) is 66.7 Å². The summed E-state index contributed by atoms with van der Waals surface area (Å²) >= 11 is 0. The number of fused-ring (bicyclic) bond motifs is 10. The summed E-state index contributed by atoms with van der Waals surface area (Å²) in [7, 11) is 0. The van der Waals surface area contributed by atoms with Crippen molar-refractivity contribution >= 4 is 44.2 Å². The predicted octanol–water partition coefficient (Wildman–Crippen LogP) is 12.2. The van der Waals surface area contributed by atoms with E-state index in [0.29, 0.717) is 0 Å². The molecule has 2 aromatic heterocycles. The van der Waals surface area contributed by atoms with Crippen LogP contribution in [0.15, 0.2) is 194 Å². The molecule has 7 aromatic carbocycles. The van der Waals surface area contributed by atoms with Gasteiger partial charge >= 0.3 is 0 Å². The third kappa shape index (κ3) is 4.45. The van der Waals surface area contributed by atoms with Gasteiger partial charge in [0, 0.05) is 44.9 Å². The van der Waals surface area contributed by atoms with E-state index in [4.69, 9.17) is 4.98 Å². The number of hydrogen-bond donors (Lipinski definition) is 0. The first-order valence-electron chi connectivity index (χ1n) is 18.3. The van der Waals surface area contributed by atoms with E-state index in [0.717, 1.165) is 39.5 Å². The summed E-state index contributed by atoms with van der Waals surface area (Å²) in [6, 6.07) is 60.9. The minimum Gasteiger partial charge on any atom is -0.331 e. The molecule has 0 N–H and O–H groups in total. The molecule has 0 fully saturated rings. The topological polar surface area (TPSA) is 26.0 Å². The molecule has 2 aliphatic rings. The van der Waals surface area contributed by atoms with Crippen molar-refractivity contribution in [2.75, 3.05) is 4.90 Å². The lowest BCUT2D eigenvalue weighted by atomic mass is 9.89. The highest BCUT2D eigenvalue weighted by molar-refractivity contribution is 6.25. The third-order valence-corrected chi connectivity index (χ3v) is 11.0. The van der Waals surface area contributed by atoms with Crippen molar-refractivity contribution in [1.82, 2.24) is 14.1 Å². The molecule has 0 spiro atoms. The maximum absolute atomic E-state index is 5.71. The second kappa shape index (κ2) is 11.8. The summed E-state index contributed by atoms with van der Waals surface area (Å²) in [5.41, 5.74) is 13.9. The molecule has 2 unspecified atom stereocenters. The summed E-state index contributed by atoms with van der Waals surface area (Å²) in [5, 5.41) is 2.39. The number of allylic oxidation sites excluding steroid dienone is 2. The van der Waals surface area contributed by atoms with E-state index < -0.39 is 0 Å². The van der Waals surface area contributed by atoms with Crippen LogP contribution in [0.1, 0.15) is 11.5 Å². The van der Waals surface area contributed by atoms with Gasteiger partial charge in [0.15, 0.2) is 0 Å². The van der Waals surface area contributed by atoms with Crippen LogP contribution in [0.3, 0.4) is 0 Å². The molecule has 0 radical (unpaired) electrons. The third-order valence-electron chi connectivity index (χ3n) is 11.0. The van der Waals surface area contributed by atoms with Crippen molar-refractivity contribution in [1.29, 1.82) is 0 Å². The minimum atomic E-state index is 0.0768. The summed E-state index contributed by atoms with van der Waals surface area (Å²) in [5.74, 6) is 1.04. The SMILES string of the molecule is C1=CC2c3c(c4c(nc(-c5ccccc5)n4-c4ccccc4)c4c5ccccc5n(-c5ccccc5)c34)N(c3ccc(-c4ccccc4)cc3)C2C=C1. The smallest absolute Gasteiger partial charge is 0.145 e. The summed E-state index contributed by atoms with van der Waals surface area (Å²) < 4.78 is 4.89. The zero-order valence-corrected chi connectivity index (χ0v) is 28.9. The lowest BCUT2D eigenvalue weighted by Crippen LogP contribution is -2.28. The van der Waals surface area contributed by atoms with E-state index in [1.54, 1.807) is 0 Å². The number of imidazole rings is 1. The molecule has 4 nitrogen and oxygen atoms in total. The molecular weight excluding hydrogens is 645 g/mol. The Labute approximate surface area is 307 Å². The van der Waals surface area contributed by atoms with E-state index in [1.165, 1.54) is 44.2 Å². The van der Waals surface area contributed by atoms with Crippen molar-refractivity contribution in [2.45, 2.75) is 12.0 Å². The largest absolute Gasteiger partial charge is 0.331 e. The first-order chi connectivity index (χ1) is 26.3. The van der Waals surface area contributed by atoms with Gasteiger partial charge in [-0.25, -0.2) is 4.98 Å². The monoisotopic (exact) mass is 678 g/mol. The van der Waals surface area contributed by atoms with Gasteiger partial charge in [0.05, 0.1) is 28.3 Å². The van der Waals surface area contributed by atoms with Crippen molar-refractivity contribution in [3.63, 3.8) is 0 Å². The van der Waals surface area contributed by atoms with Gasteiger partial charge in [0.25, 0.3) is 0 Å². The van der Waals surface area contributed by atoms with Crippen LogP contribution >= 0.6 is 0 Å². The fourth-order valence-electron chi connectivity index (χ4n) is 8.81. The van der Waals surface area contributed by atoms with Crippen LogP contribution in [0.5, 0.6) is 0 Å². The number of para-hydroxylation sites is 3. The van der Waals surface area contributed by atoms with Crippen molar-refractivity contribution < 1.29 is 0 Å². The van der Waals surface area contributed by atoms with Gasteiger partial charge < -0.3 is 9.47 Å². The number of benzene rings is 7. The highest BCUT2D eigenvalue weighted by Gasteiger charge is 2.43. The normalized spacial score (nSPS) is 16.1. The number of aromatic nitrogens is 3. The number of anilines is 2. The van der Waals surface area contributed by atoms with Gasteiger partial charge in [-0.3, -0.25) is 4.57 Å². The van der Waals surface area contributed by atoms with E-state index in [1.807, 2.05) is 0 Å². The Morgan fingerprint density at radius 3 is 1.72 bits per heavy atom. The summed E-state index contributed by atoms with van der Waals surface area (Å²) in [6.45, 7) is 0. The van der Waals surface area contributed by atoms with Crippen molar-refractivity contribution in [3.8, 4) is 33.9 Å². The lowest BCUT2D eigenvalue weighted by molar-refractivity contribution is 0.746. The van der Waals surface area contributed by atoms with E-state index in [9.17, 15) is 0 Å². The molecule has 4 heteroatoms. The molecule has 11 rings (SSSR count). The summed E-state index contributed by atoms with van der Waals surface area (Å²) in [4.78, 5) is 8.29. The lowest BCUT2D eigenvalue weighted by Gasteiger charge is -2.29. The van der Waals surface area contributed by atoms with Gasteiger partial charge in [-0.15, -0.1) is 0 Å². The Morgan fingerprint density at radius 1 is 0.453 bits per heavy atom. The van der Waals surface area contributed by atoms with Gasteiger partial charge in [0.2, 0.25) is 0 Å². The number of hydrogen-bond acceptors (Lipinski definition) is 2. The van der Waals surface area contributed by atoms with Crippen molar-refractivity contribution in [2.24, 2.45) is 0 Å². The van der Waals surface area contributed by atoms with Gasteiger partial charge in [-0.2, -0.15) is 0 Å². The average Bonchev–Trinajstić information content (AvgIpc) is 3.91. The quantitative estimate of drug-likeness (QED) is 0.181. The Morgan fingerprint density at radius 2 is 1.02 bits per heavy atom. The minimum absolute atomic E-state index is 0.0768. The Hall–Kier alpha value is -6.91. The second-order valence-electron chi connectivity index (χ2n) is 13.9. The highest BCUT2D eigenvalue weighted by atomic mass is 15.2. The molecule has 0 bridgehead atoms. The molecule has 1 aliphatic carbocycles. The molecule has 2 atom stereocenters. The zero-order valence-electron chi connectivity index (χ0n) is 28.9. The molecule has 9 aromatic rings.